The third kappa shape index (κ3) is 3.57. The molecule has 1 aromatic carbocycles. The third-order valence-corrected chi connectivity index (χ3v) is 5.35. The number of hydrogen-bond acceptors (Lipinski definition) is 7. The van der Waals surface area contributed by atoms with E-state index in [2.05, 4.69) is 10.3 Å². The van der Waals surface area contributed by atoms with Crippen molar-refractivity contribution in [3.05, 3.63) is 29.8 Å². The lowest BCUT2D eigenvalue weighted by Crippen LogP contribution is -2.36. The average Bonchev–Trinajstić information content (AvgIpc) is 3.24. The summed E-state index contributed by atoms with van der Waals surface area (Å²) >= 11 is 0. The molecule has 31 heavy (non-hydrogen) atoms. The smallest absolute Gasteiger partial charge is 0.284 e. The SMILES string of the molecule is Cc1c(N2C(=C=O)OC[C@H]2C(F)F)nc2n1CCOc1cc(N[C@@H](C)C(N)=O)ccc1-2. The van der Waals surface area contributed by atoms with E-state index < -0.39 is 24.4 Å². The summed E-state index contributed by atoms with van der Waals surface area (Å²) in [6, 6.07) is 3.34. The largest absolute Gasteiger partial charge is 0.491 e. The van der Waals surface area contributed by atoms with Crippen molar-refractivity contribution in [3.8, 4) is 17.1 Å². The van der Waals surface area contributed by atoms with Crippen molar-refractivity contribution in [2.75, 3.05) is 23.4 Å². The molecule has 0 saturated carbocycles. The standard InChI is InChI=1S/C20H21F2N5O4/c1-10(18(23)29)24-12-3-4-13-15(7-12)30-6-5-26-11(2)19(25-20(13)26)27-14(17(21)22)9-31-16(27)8-28/h3-4,7,10,14,17,24H,5-6,9H2,1-2H3,(H2,23,29)/t10-,14-/m0/s1. The van der Waals surface area contributed by atoms with Crippen LogP contribution in [-0.2, 0) is 20.9 Å². The number of nitrogens with two attached hydrogens (primary N) is 1. The molecule has 2 atom stereocenters. The number of nitrogens with zero attached hydrogens (tertiary/aromatic N) is 3. The monoisotopic (exact) mass is 433 g/mol. The fourth-order valence-corrected chi connectivity index (χ4v) is 3.69. The number of primary amides is 1. The van der Waals surface area contributed by atoms with E-state index >= 15 is 0 Å². The number of carbonyl (C=O) groups excluding carboxylic acids is 2. The Balaban J connectivity index is 1.76. The predicted molar refractivity (Wildman–Crippen MR) is 108 cm³/mol. The Bertz CT molecular complexity index is 1080. The van der Waals surface area contributed by atoms with E-state index in [4.69, 9.17) is 15.2 Å². The van der Waals surface area contributed by atoms with E-state index in [1.54, 1.807) is 38.0 Å². The molecule has 1 aromatic heterocycles. The lowest BCUT2D eigenvalue weighted by Gasteiger charge is -2.21. The molecule has 0 bridgehead atoms. The molecule has 2 aliphatic heterocycles. The van der Waals surface area contributed by atoms with Crippen LogP contribution in [0.2, 0.25) is 0 Å². The highest BCUT2D eigenvalue weighted by atomic mass is 19.3. The fraction of sp³-hybridized carbons (Fsp3) is 0.400. The second-order valence-corrected chi connectivity index (χ2v) is 7.31. The van der Waals surface area contributed by atoms with Gasteiger partial charge in [-0.05, 0) is 26.0 Å². The third-order valence-electron chi connectivity index (χ3n) is 5.35. The Morgan fingerprint density at radius 1 is 1.39 bits per heavy atom. The zero-order chi connectivity index (χ0) is 22.3. The van der Waals surface area contributed by atoms with Gasteiger partial charge in [0, 0.05) is 11.8 Å². The zero-order valence-electron chi connectivity index (χ0n) is 16.9. The minimum Gasteiger partial charge on any atom is -0.491 e. The molecule has 0 unspecified atom stereocenters. The van der Waals surface area contributed by atoms with Gasteiger partial charge in [-0.1, -0.05) is 0 Å². The maximum atomic E-state index is 13.6. The van der Waals surface area contributed by atoms with Gasteiger partial charge in [-0.15, -0.1) is 0 Å². The Hall–Kier alpha value is -3.59. The molecule has 1 saturated heterocycles. The van der Waals surface area contributed by atoms with Crippen LogP contribution in [0.25, 0.3) is 11.4 Å². The van der Waals surface area contributed by atoms with Crippen molar-refractivity contribution in [3.63, 3.8) is 0 Å². The van der Waals surface area contributed by atoms with Gasteiger partial charge in [0.1, 0.15) is 36.9 Å². The van der Waals surface area contributed by atoms with Crippen LogP contribution in [0.4, 0.5) is 20.3 Å². The maximum absolute atomic E-state index is 13.6. The predicted octanol–water partition coefficient (Wildman–Crippen LogP) is 1.68. The van der Waals surface area contributed by atoms with E-state index in [9.17, 15) is 18.4 Å². The number of aromatic nitrogens is 2. The molecule has 1 fully saturated rings. The summed E-state index contributed by atoms with van der Waals surface area (Å²) in [5.74, 6) is 2.04. The number of hydrogen-bond donors (Lipinski definition) is 2. The first-order valence-electron chi connectivity index (χ1n) is 9.67. The summed E-state index contributed by atoms with van der Waals surface area (Å²) < 4.78 is 39.9. The van der Waals surface area contributed by atoms with Crippen molar-refractivity contribution in [1.29, 1.82) is 0 Å². The van der Waals surface area contributed by atoms with Crippen molar-refractivity contribution in [2.45, 2.75) is 38.9 Å². The van der Waals surface area contributed by atoms with E-state index in [0.29, 0.717) is 41.7 Å². The van der Waals surface area contributed by atoms with Crippen molar-refractivity contribution in [1.82, 2.24) is 9.55 Å². The summed E-state index contributed by atoms with van der Waals surface area (Å²) in [6.45, 7) is 3.81. The van der Waals surface area contributed by atoms with Gasteiger partial charge in [-0.3, -0.25) is 9.69 Å². The van der Waals surface area contributed by atoms with E-state index in [-0.39, 0.29) is 18.3 Å². The van der Waals surface area contributed by atoms with Gasteiger partial charge in [0.2, 0.25) is 5.91 Å². The molecule has 0 radical (unpaired) electrons. The summed E-state index contributed by atoms with van der Waals surface area (Å²) in [5, 5.41) is 2.99. The molecular weight excluding hydrogens is 412 g/mol. The highest BCUT2D eigenvalue weighted by Crippen LogP contribution is 2.39. The van der Waals surface area contributed by atoms with Crippen LogP contribution in [-0.4, -0.2) is 53.1 Å². The van der Waals surface area contributed by atoms with Gasteiger partial charge in [-0.25, -0.2) is 18.6 Å². The molecule has 2 aromatic rings. The number of fused-ring (bicyclic) bond motifs is 3. The quantitative estimate of drug-likeness (QED) is 0.690. The number of anilines is 2. The summed E-state index contributed by atoms with van der Waals surface area (Å²) in [7, 11) is 0. The van der Waals surface area contributed by atoms with Crippen LogP contribution in [0.5, 0.6) is 5.75 Å². The number of rotatable bonds is 5. The van der Waals surface area contributed by atoms with E-state index in [1.165, 1.54) is 0 Å². The number of carbonyl (C=O) groups is 1. The number of ether oxygens (including phenoxy) is 2. The first kappa shape index (κ1) is 20.7. The topological polar surface area (TPSA) is 112 Å². The molecule has 164 valence electrons. The van der Waals surface area contributed by atoms with Gasteiger partial charge >= 0.3 is 0 Å². The molecule has 11 heteroatoms. The molecule has 2 aliphatic rings. The minimum absolute atomic E-state index is 0.216. The highest BCUT2D eigenvalue weighted by molar-refractivity contribution is 5.83. The van der Waals surface area contributed by atoms with Crippen LogP contribution in [0.3, 0.4) is 0 Å². The van der Waals surface area contributed by atoms with Gasteiger partial charge in [0.25, 0.3) is 12.3 Å². The number of amides is 1. The Labute approximate surface area is 176 Å². The fourth-order valence-electron chi connectivity index (χ4n) is 3.69. The van der Waals surface area contributed by atoms with Crippen LogP contribution in [0.1, 0.15) is 12.6 Å². The summed E-state index contributed by atoms with van der Waals surface area (Å²) in [5.41, 5.74) is 7.18. The van der Waals surface area contributed by atoms with Crippen molar-refractivity contribution in [2.24, 2.45) is 5.73 Å². The van der Waals surface area contributed by atoms with Gasteiger partial charge < -0.3 is 25.1 Å². The summed E-state index contributed by atoms with van der Waals surface area (Å²) in [4.78, 5) is 28.3. The minimum atomic E-state index is -2.73. The molecule has 9 nitrogen and oxygen atoms in total. The second kappa shape index (κ2) is 7.92. The maximum Gasteiger partial charge on any atom is 0.284 e. The lowest BCUT2D eigenvalue weighted by molar-refractivity contribution is -0.118. The number of benzene rings is 1. The molecule has 0 aliphatic carbocycles. The van der Waals surface area contributed by atoms with Crippen LogP contribution in [0, 0.1) is 6.92 Å². The summed E-state index contributed by atoms with van der Waals surface area (Å²) in [6.07, 6.45) is -2.73. The number of imidazole rings is 1. The lowest BCUT2D eigenvalue weighted by atomic mass is 10.1. The molecule has 3 N–H and O–H groups in total. The van der Waals surface area contributed by atoms with Crippen LogP contribution >= 0.6 is 0 Å². The van der Waals surface area contributed by atoms with E-state index in [0.717, 1.165) is 4.90 Å². The van der Waals surface area contributed by atoms with Crippen molar-refractivity contribution < 1.29 is 27.8 Å². The van der Waals surface area contributed by atoms with Crippen LogP contribution < -0.4 is 20.7 Å². The Kier molecular flexibility index (Phi) is 5.28. The normalized spacial score (nSPS) is 18.4. The first-order chi connectivity index (χ1) is 14.8. The molecular formula is C20H21F2N5O4. The Morgan fingerprint density at radius 3 is 2.84 bits per heavy atom. The second-order valence-electron chi connectivity index (χ2n) is 7.31. The molecule has 1 amide bonds. The number of halogens is 2. The van der Waals surface area contributed by atoms with Gasteiger partial charge in [0.15, 0.2) is 11.8 Å². The van der Waals surface area contributed by atoms with Gasteiger partial charge in [0.05, 0.1) is 17.8 Å². The highest BCUT2D eigenvalue weighted by Gasteiger charge is 2.41. The average molecular weight is 433 g/mol. The molecule has 4 rings (SSSR count). The molecule has 0 spiro atoms. The van der Waals surface area contributed by atoms with Crippen molar-refractivity contribution >= 4 is 23.4 Å². The van der Waals surface area contributed by atoms with Crippen LogP contribution in [0.15, 0.2) is 24.1 Å². The number of alkyl halides is 2. The van der Waals surface area contributed by atoms with E-state index in [1.807, 2.05) is 4.57 Å². The zero-order valence-corrected chi connectivity index (χ0v) is 16.9. The number of nitrogens with one attached hydrogen (secondary N) is 1. The Morgan fingerprint density at radius 2 is 2.16 bits per heavy atom. The van der Waals surface area contributed by atoms with Gasteiger partial charge in [-0.2, -0.15) is 0 Å². The molecule has 3 heterocycles. The first-order valence-corrected chi connectivity index (χ1v) is 9.67.